The Kier molecular flexibility index (Phi) is 13.3. The number of imidazole rings is 1. The number of aliphatic hydroxyl groups is 1. The Morgan fingerprint density at radius 1 is 0.981 bits per heavy atom. The Hall–Kier alpha value is -5.47. The van der Waals surface area contributed by atoms with Gasteiger partial charge in [-0.2, -0.15) is 0 Å². The van der Waals surface area contributed by atoms with E-state index in [1.807, 2.05) is 55.5 Å². The highest BCUT2D eigenvalue weighted by atomic mass is 17.1. The van der Waals surface area contributed by atoms with Crippen LogP contribution in [0, 0.1) is 0 Å². The quantitative estimate of drug-likeness (QED) is 0.0552. The lowest BCUT2D eigenvalue weighted by atomic mass is 9.98. The van der Waals surface area contributed by atoms with E-state index < -0.39 is 36.1 Å². The van der Waals surface area contributed by atoms with E-state index in [1.54, 1.807) is 25.3 Å². The van der Waals surface area contributed by atoms with Crippen molar-refractivity contribution in [2.45, 2.75) is 84.5 Å². The molecule has 2 aromatic carbocycles. The standard InChI is InChI=1S/C35H43N7O12/c1-5-10-28-36-30(35(3,4)46)29(32(43)50-20-27-22(2)53-34(45)54-27)40(28)19-23-13-15-24(16-14-23)25-11-6-7-12-26(25)31-37-39-41(38-31)21-51-33(44)49-17-8-9-18-52-42(47)48/h6-7,11-16,22,27,46-48H,5,8-10,17-21H2,1-4H3. The average Bonchev–Trinajstić information content (AvgIpc) is 3.85. The number of aryl methyl sites for hydroxylation is 1. The van der Waals surface area contributed by atoms with Gasteiger partial charge in [0.05, 0.1) is 18.6 Å². The number of ether oxygens (including phenoxy) is 5. The molecule has 0 aliphatic carbocycles. The third-order valence-electron chi connectivity index (χ3n) is 8.21. The molecule has 54 heavy (non-hydrogen) atoms. The first-order valence-electron chi connectivity index (χ1n) is 17.3. The van der Waals surface area contributed by atoms with Crippen LogP contribution in [0.25, 0.3) is 22.5 Å². The first-order valence-corrected chi connectivity index (χ1v) is 17.3. The SMILES string of the molecule is CCCc1nc(C(C)(C)O)c(C(=O)OCC2OC(=O)OC2C)n1Cc1ccc(-c2ccccc2-c2nnn(COC(=O)OCCCCON(O)O)n2)cc1. The fourth-order valence-corrected chi connectivity index (χ4v) is 5.55. The van der Waals surface area contributed by atoms with Crippen LogP contribution in [0.5, 0.6) is 0 Å². The van der Waals surface area contributed by atoms with E-state index in [4.69, 9.17) is 34.1 Å². The zero-order chi connectivity index (χ0) is 38.8. The highest BCUT2D eigenvalue weighted by Gasteiger charge is 2.37. The van der Waals surface area contributed by atoms with E-state index in [9.17, 15) is 19.5 Å². The smallest absolute Gasteiger partial charge is 0.457 e. The number of rotatable bonds is 18. The van der Waals surface area contributed by atoms with Gasteiger partial charge in [-0.1, -0.05) is 55.5 Å². The molecule has 1 saturated heterocycles. The van der Waals surface area contributed by atoms with Crippen LogP contribution >= 0.6 is 0 Å². The van der Waals surface area contributed by atoms with Crippen molar-refractivity contribution in [3.8, 4) is 22.5 Å². The fourth-order valence-electron chi connectivity index (χ4n) is 5.55. The number of carbonyl (C=O) groups excluding carboxylic acids is 3. The molecule has 5 rings (SSSR count). The summed E-state index contributed by atoms with van der Waals surface area (Å²) in [6.45, 7) is 6.49. The largest absolute Gasteiger partial charge is 0.510 e. The summed E-state index contributed by atoms with van der Waals surface area (Å²) in [4.78, 5) is 47.3. The zero-order valence-electron chi connectivity index (χ0n) is 30.3. The van der Waals surface area contributed by atoms with Crippen LogP contribution < -0.4 is 0 Å². The summed E-state index contributed by atoms with van der Waals surface area (Å²) in [6, 6.07) is 15.2. The molecular formula is C35H43N7O12. The minimum atomic E-state index is -1.46. The van der Waals surface area contributed by atoms with Crippen LogP contribution in [0.15, 0.2) is 48.5 Å². The second-order valence-corrected chi connectivity index (χ2v) is 12.8. The Morgan fingerprint density at radius 2 is 1.70 bits per heavy atom. The highest BCUT2D eigenvalue weighted by molar-refractivity contribution is 5.89. The van der Waals surface area contributed by atoms with Crippen molar-refractivity contribution in [3.63, 3.8) is 0 Å². The van der Waals surface area contributed by atoms with Gasteiger partial charge in [0.25, 0.3) is 0 Å². The van der Waals surface area contributed by atoms with Gasteiger partial charge >= 0.3 is 18.3 Å². The average molecular weight is 754 g/mol. The minimum absolute atomic E-state index is 0.0253. The van der Waals surface area contributed by atoms with Crippen LogP contribution in [-0.2, 0) is 53.8 Å². The van der Waals surface area contributed by atoms with Crippen molar-refractivity contribution < 1.29 is 58.4 Å². The molecule has 1 fully saturated rings. The number of nitrogens with zero attached hydrogens (tertiary/aromatic N) is 7. The van der Waals surface area contributed by atoms with Gasteiger partial charge in [0.1, 0.15) is 29.8 Å². The number of aromatic nitrogens is 6. The number of carbonyl (C=O) groups is 3. The molecule has 2 unspecified atom stereocenters. The van der Waals surface area contributed by atoms with Crippen LogP contribution in [-0.4, -0.2) is 101 Å². The summed E-state index contributed by atoms with van der Waals surface area (Å²) in [7, 11) is 0. The summed E-state index contributed by atoms with van der Waals surface area (Å²) in [5.74, 6) is 0.190. The Labute approximate surface area is 309 Å². The molecule has 0 saturated carbocycles. The first-order chi connectivity index (χ1) is 25.8. The van der Waals surface area contributed by atoms with E-state index in [0.717, 1.165) is 27.9 Å². The van der Waals surface area contributed by atoms with Gasteiger partial charge in [-0.05, 0) is 61.9 Å². The molecule has 0 spiro atoms. The van der Waals surface area contributed by atoms with E-state index in [-0.39, 0.29) is 49.9 Å². The van der Waals surface area contributed by atoms with Gasteiger partial charge in [-0.3, -0.25) is 15.3 Å². The van der Waals surface area contributed by atoms with Crippen molar-refractivity contribution in [3.05, 3.63) is 71.3 Å². The molecule has 3 N–H and O–H groups in total. The summed E-state index contributed by atoms with van der Waals surface area (Å²) in [6.07, 6.45) is -1.01. The third kappa shape index (κ3) is 10.4. The maximum Gasteiger partial charge on any atom is 0.510 e. The van der Waals surface area contributed by atoms with Gasteiger partial charge in [0, 0.05) is 18.5 Å². The van der Waals surface area contributed by atoms with E-state index >= 15 is 0 Å². The van der Waals surface area contributed by atoms with Crippen molar-refractivity contribution in [1.82, 2.24) is 35.1 Å². The van der Waals surface area contributed by atoms with Gasteiger partial charge in [0.15, 0.2) is 11.8 Å². The maximum atomic E-state index is 13.6. The minimum Gasteiger partial charge on any atom is -0.457 e. The molecule has 1 aliphatic rings. The molecule has 4 aromatic rings. The molecule has 0 radical (unpaired) electrons. The second kappa shape index (κ2) is 18.0. The number of hydrogen-bond donors (Lipinski definition) is 3. The number of benzene rings is 2. The fraction of sp³-hybridized carbons (Fsp3) is 0.457. The molecule has 19 heteroatoms. The number of hydrogen-bond acceptors (Lipinski definition) is 17. The normalized spacial score (nSPS) is 15.6. The molecule has 0 amide bonds. The molecule has 3 heterocycles. The summed E-state index contributed by atoms with van der Waals surface area (Å²) in [5.41, 5.74) is 2.01. The van der Waals surface area contributed by atoms with Crippen molar-refractivity contribution in [2.75, 3.05) is 19.8 Å². The van der Waals surface area contributed by atoms with E-state index in [2.05, 4.69) is 25.2 Å². The lowest BCUT2D eigenvalue weighted by molar-refractivity contribution is -0.492. The summed E-state index contributed by atoms with van der Waals surface area (Å²) in [5, 5.41) is 40.1. The number of unbranched alkanes of at least 4 members (excludes halogenated alkanes) is 1. The predicted molar refractivity (Wildman–Crippen MR) is 183 cm³/mol. The van der Waals surface area contributed by atoms with Gasteiger partial charge in [-0.15, -0.1) is 15.0 Å². The maximum absolute atomic E-state index is 13.6. The Bertz CT molecular complexity index is 1890. The number of cyclic esters (lactones) is 2. The van der Waals surface area contributed by atoms with E-state index in [1.165, 1.54) is 0 Å². The van der Waals surface area contributed by atoms with E-state index in [0.29, 0.717) is 36.5 Å². The molecule has 0 bridgehead atoms. The van der Waals surface area contributed by atoms with Crippen LogP contribution in [0.3, 0.4) is 0 Å². The van der Waals surface area contributed by atoms with Crippen LogP contribution in [0.4, 0.5) is 9.59 Å². The molecule has 19 nitrogen and oxygen atoms in total. The zero-order valence-corrected chi connectivity index (χ0v) is 30.3. The molecular weight excluding hydrogens is 710 g/mol. The van der Waals surface area contributed by atoms with Gasteiger partial charge in [0.2, 0.25) is 12.6 Å². The van der Waals surface area contributed by atoms with Crippen LogP contribution in [0.2, 0.25) is 0 Å². The lowest BCUT2D eigenvalue weighted by Crippen LogP contribution is -2.29. The Morgan fingerprint density at radius 3 is 2.37 bits per heavy atom. The van der Waals surface area contributed by atoms with Crippen LogP contribution in [0.1, 0.15) is 74.5 Å². The molecule has 2 aromatic heterocycles. The topological polar surface area (TPSA) is 232 Å². The Balaban J connectivity index is 1.28. The number of esters is 1. The van der Waals surface area contributed by atoms with Crippen molar-refractivity contribution in [2.24, 2.45) is 0 Å². The molecule has 290 valence electrons. The monoisotopic (exact) mass is 753 g/mol. The lowest BCUT2D eigenvalue weighted by Gasteiger charge is -2.19. The second-order valence-electron chi connectivity index (χ2n) is 12.8. The first kappa shape index (κ1) is 39.7. The number of tetrazole rings is 1. The summed E-state index contributed by atoms with van der Waals surface area (Å²) >= 11 is 0. The summed E-state index contributed by atoms with van der Waals surface area (Å²) < 4.78 is 27.5. The van der Waals surface area contributed by atoms with Crippen molar-refractivity contribution in [1.29, 1.82) is 0 Å². The van der Waals surface area contributed by atoms with Gasteiger partial charge < -0.3 is 33.4 Å². The predicted octanol–water partition coefficient (Wildman–Crippen LogP) is 4.42. The molecule has 1 aliphatic heterocycles. The highest BCUT2D eigenvalue weighted by Crippen LogP contribution is 2.31. The molecule has 2 atom stereocenters. The van der Waals surface area contributed by atoms with Gasteiger partial charge in [-0.25, -0.2) is 19.4 Å². The van der Waals surface area contributed by atoms with Crippen molar-refractivity contribution >= 4 is 18.3 Å². The third-order valence-corrected chi connectivity index (χ3v) is 8.21.